The van der Waals surface area contributed by atoms with Crippen LogP contribution in [-0.2, 0) is 18.4 Å². The Morgan fingerprint density at radius 1 is 1.25 bits per heavy atom. The number of nitrogens with two attached hydrogens (primary N) is 1. The summed E-state index contributed by atoms with van der Waals surface area (Å²) in [5, 5.41) is 0. The molecule has 5 nitrogen and oxygen atoms in total. The van der Waals surface area contributed by atoms with Crippen LogP contribution in [0.4, 0.5) is 0 Å². The van der Waals surface area contributed by atoms with E-state index >= 15 is 0 Å². The van der Waals surface area contributed by atoms with E-state index in [2.05, 4.69) is 0 Å². The molecule has 0 aliphatic heterocycles. The van der Waals surface area contributed by atoms with E-state index in [0.29, 0.717) is 12.6 Å². The Morgan fingerprint density at radius 2 is 1.67 bits per heavy atom. The molecule has 0 aliphatic rings. The Labute approximate surface area is 72.7 Å². The Kier molecular flexibility index (Phi) is 5.31. The molecule has 0 radical (unpaired) electrons. The zero-order chi connectivity index (χ0) is 9.56. The van der Waals surface area contributed by atoms with Crippen LogP contribution in [0.15, 0.2) is 0 Å². The predicted molar refractivity (Wildman–Crippen MR) is 44.5 cm³/mol. The zero-order valence-electron chi connectivity index (χ0n) is 7.20. The fraction of sp³-hybridized carbons (Fsp3) is 0.667. The van der Waals surface area contributed by atoms with Crippen molar-refractivity contribution in [2.24, 2.45) is 5.73 Å². The molecule has 0 unspecified atom stereocenters. The first-order valence-electron chi connectivity index (χ1n) is 3.60. The molecule has 6 heteroatoms. The zero-order valence-corrected chi connectivity index (χ0v) is 8.36. The first-order chi connectivity index (χ1) is 5.56. The molecule has 0 aliphatic carbocycles. The van der Waals surface area contributed by atoms with Crippen molar-refractivity contribution >= 4 is 21.2 Å². The van der Waals surface area contributed by atoms with Crippen LogP contribution in [0.2, 0.25) is 6.04 Å². The maximum Gasteiger partial charge on any atom is 0.449 e. The van der Waals surface area contributed by atoms with Crippen molar-refractivity contribution in [1.29, 1.82) is 0 Å². The van der Waals surface area contributed by atoms with Gasteiger partial charge in [0.05, 0.1) is 0 Å². The van der Waals surface area contributed by atoms with Crippen LogP contribution in [0.25, 0.3) is 0 Å². The van der Waals surface area contributed by atoms with Gasteiger partial charge in [-0.25, -0.2) is 0 Å². The standard InChI is InChI=1S/C6H13NO4Si/c1-5(8)10-12(4-3-7)11-6(2)9/h12H,3-4,7H2,1-2H3. The van der Waals surface area contributed by atoms with Gasteiger partial charge >= 0.3 is 9.28 Å². The Bertz CT molecular complexity index is 157. The first-order valence-corrected chi connectivity index (χ1v) is 5.36. The normalized spacial score (nSPS) is 9.67. The third kappa shape index (κ3) is 5.87. The first kappa shape index (κ1) is 11.1. The van der Waals surface area contributed by atoms with E-state index in [0.717, 1.165) is 0 Å². The summed E-state index contributed by atoms with van der Waals surface area (Å²) in [6.45, 7) is 2.91. The summed E-state index contributed by atoms with van der Waals surface area (Å²) < 4.78 is 9.56. The van der Waals surface area contributed by atoms with E-state index in [1.54, 1.807) is 0 Å². The van der Waals surface area contributed by atoms with Gasteiger partial charge in [-0.05, 0) is 6.54 Å². The fourth-order valence-electron chi connectivity index (χ4n) is 0.648. The van der Waals surface area contributed by atoms with Crippen molar-refractivity contribution in [3.8, 4) is 0 Å². The summed E-state index contributed by atoms with van der Waals surface area (Å²) in [5.74, 6) is -0.859. The summed E-state index contributed by atoms with van der Waals surface area (Å²) in [7, 11) is -2.17. The minimum absolute atomic E-state index is 0.359. The average molecular weight is 191 g/mol. The Hall–Kier alpha value is -0.883. The minimum Gasteiger partial charge on any atom is -0.487 e. The molecule has 0 rings (SSSR count). The lowest BCUT2D eigenvalue weighted by molar-refractivity contribution is -0.137. The summed E-state index contributed by atoms with van der Waals surface area (Å²) in [4.78, 5) is 21.0. The van der Waals surface area contributed by atoms with Gasteiger partial charge in [0.15, 0.2) is 0 Å². The maximum atomic E-state index is 10.5. The molecular formula is C6H13NO4Si. The van der Waals surface area contributed by atoms with Crippen LogP contribution in [0.1, 0.15) is 13.8 Å². The molecule has 0 saturated carbocycles. The number of rotatable bonds is 4. The molecule has 0 aromatic carbocycles. The summed E-state index contributed by atoms with van der Waals surface area (Å²) in [6, 6.07) is 0.458. The van der Waals surface area contributed by atoms with E-state index in [1.807, 2.05) is 0 Å². The van der Waals surface area contributed by atoms with E-state index in [-0.39, 0.29) is 0 Å². The van der Waals surface area contributed by atoms with Gasteiger partial charge in [0.2, 0.25) is 0 Å². The monoisotopic (exact) mass is 191 g/mol. The van der Waals surface area contributed by atoms with Crippen LogP contribution in [0, 0.1) is 0 Å². The van der Waals surface area contributed by atoms with Gasteiger partial charge in [0, 0.05) is 19.9 Å². The summed E-state index contributed by atoms with van der Waals surface area (Å²) in [6.07, 6.45) is 0. The van der Waals surface area contributed by atoms with Crippen molar-refractivity contribution in [2.45, 2.75) is 19.9 Å². The third-order valence-corrected chi connectivity index (χ3v) is 2.99. The maximum absolute atomic E-state index is 10.5. The van der Waals surface area contributed by atoms with Crippen molar-refractivity contribution in [1.82, 2.24) is 0 Å². The van der Waals surface area contributed by atoms with Crippen LogP contribution in [0.5, 0.6) is 0 Å². The van der Waals surface area contributed by atoms with Crippen molar-refractivity contribution in [2.75, 3.05) is 6.54 Å². The summed E-state index contributed by atoms with van der Waals surface area (Å²) in [5.41, 5.74) is 5.23. The van der Waals surface area contributed by atoms with Gasteiger partial charge in [0.25, 0.3) is 11.9 Å². The number of hydrogen-bond acceptors (Lipinski definition) is 5. The van der Waals surface area contributed by atoms with E-state index in [9.17, 15) is 9.59 Å². The Balaban J connectivity index is 3.85. The molecule has 2 N–H and O–H groups in total. The summed E-state index contributed by atoms with van der Waals surface area (Å²) >= 11 is 0. The second-order valence-corrected chi connectivity index (χ2v) is 4.13. The van der Waals surface area contributed by atoms with Crippen LogP contribution < -0.4 is 5.73 Å². The van der Waals surface area contributed by atoms with Crippen LogP contribution >= 0.6 is 0 Å². The molecule has 12 heavy (non-hydrogen) atoms. The molecule has 0 spiro atoms. The fourth-order valence-corrected chi connectivity index (χ4v) is 1.94. The van der Waals surface area contributed by atoms with Gasteiger partial charge < -0.3 is 14.6 Å². The van der Waals surface area contributed by atoms with Gasteiger partial charge in [-0.3, -0.25) is 9.59 Å². The number of carbonyl (C=O) groups is 2. The van der Waals surface area contributed by atoms with Crippen molar-refractivity contribution < 1.29 is 18.4 Å². The highest BCUT2D eigenvalue weighted by Crippen LogP contribution is 1.96. The van der Waals surface area contributed by atoms with Gasteiger partial charge in [0.1, 0.15) is 0 Å². The Morgan fingerprint density at radius 3 is 1.92 bits per heavy atom. The van der Waals surface area contributed by atoms with E-state index in [4.69, 9.17) is 14.6 Å². The van der Waals surface area contributed by atoms with Gasteiger partial charge in [-0.15, -0.1) is 0 Å². The molecule has 0 fully saturated rings. The highest BCUT2D eigenvalue weighted by Gasteiger charge is 2.18. The predicted octanol–water partition coefficient (Wildman–Crippen LogP) is -0.708. The second kappa shape index (κ2) is 5.73. The smallest absolute Gasteiger partial charge is 0.449 e. The molecule has 0 amide bonds. The molecule has 0 bridgehead atoms. The molecule has 0 aromatic rings. The molecule has 70 valence electrons. The molecule has 0 atom stereocenters. The largest absolute Gasteiger partial charge is 0.487 e. The lowest BCUT2D eigenvalue weighted by atomic mass is 10.8. The highest BCUT2D eigenvalue weighted by atomic mass is 28.3. The van der Waals surface area contributed by atoms with Crippen molar-refractivity contribution in [3.05, 3.63) is 0 Å². The lowest BCUT2D eigenvalue weighted by Gasteiger charge is -2.12. The lowest BCUT2D eigenvalue weighted by Crippen LogP contribution is -2.29. The quantitative estimate of drug-likeness (QED) is 0.594. The van der Waals surface area contributed by atoms with E-state index < -0.39 is 21.2 Å². The van der Waals surface area contributed by atoms with Crippen molar-refractivity contribution in [3.63, 3.8) is 0 Å². The van der Waals surface area contributed by atoms with Gasteiger partial charge in [-0.1, -0.05) is 0 Å². The minimum atomic E-state index is -2.17. The number of hydrogen-bond donors (Lipinski definition) is 1. The highest BCUT2D eigenvalue weighted by molar-refractivity contribution is 6.48. The SMILES string of the molecule is CC(=O)O[SiH](CCN)OC(C)=O. The van der Waals surface area contributed by atoms with Crippen LogP contribution in [0.3, 0.4) is 0 Å². The molecule has 0 heterocycles. The van der Waals surface area contributed by atoms with Crippen LogP contribution in [-0.4, -0.2) is 27.8 Å². The molecule has 0 saturated heterocycles. The molecular weight excluding hydrogens is 178 g/mol. The number of carbonyl (C=O) groups excluding carboxylic acids is 2. The van der Waals surface area contributed by atoms with E-state index in [1.165, 1.54) is 13.8 Å². The average Bonchev–Trinajstić information content (AvgIpc) is 1.84. The second-order valence-electron chi connectivity index (χ2n) is 2.23. The molecule has 0 aromatic heterocycles. The van der Waals surface area contributed by atoms with Gasteiger partial charge in [-0.2, -0.15) is 0 Å². The third-order valence-electron chi connectivity index (χ3n) is 0.997. The topological polar surface area (TPSA) is 78.6 Å².